The van der Waals surface area contributed by atoms with Crippen LogP contribution in [0.25, 0.3) is 0 Å². The van der Waals surface area contributed by atoms with Gasteiger partial charge in [0.1, 0.15) is 5.88 Å². The third kappa shape index (κ3) is 5.04. The van der Waals surface area contributed by atoms with E-state index in [0.717, 1.165) is 6.42 Å². The highest BCUT2D eigenvalue weighted by Gasteiger charge is 2.07. The first kappa shape index (κ1) is 13.8. The van der Waals surface area contributed by atoms with Gasteiger partial charge in [0.2, 0.25) is 11.8 Å². The summed E-state index contributed by atoms with van der Waals surface area (Å²) in [4.78, 5) is 11.4. The predicted molar refractivity (Wildman–Crippen MR) is 64.9 cm³/mol. The van der Waals surface area contributed by atoms with E-state index < -0.39 is 0 Å². The summed E-state index contributed by atoms with van der Waals surface area (Å²) in [7, 11) is 0. The highest BCUT2D eigenvalue weighted by atomic mass is 35.5. The molecule has 17 heavy (non-hydrogen) atoms. The van der Waals surface area contributed by atoms with Gasteiger partial charge in [0, 0.05) is 19.0 Å². The van der Waals surface area contributed by atoms with Crippen LogP contribution in [-0.2, 0) is 10.7 Å². The second-order valence-corrected chi connectivity index (χ2v) is 3.96. The number of amides is 1. The maximum absolute atomic E-state index is 11.4. The second-order valence-electron chi connectivity index (χ2n) is 3.69. The van der Waals surface area contributed by atoms with Gasteiger partial charge >= 0.3 is 6.01 Å². The Labute approximate surface area is 105 Å². The van der Waals surface area contributed by atoms with Gasteiger partial charge in [-0.3, -0.25) is 4.79 Å². The Kier molecular flexibility index (Phi) is 5.76. The van der Waals surface area contributed by atoms with Crippen LogP contribution >= 0.6 is 11.6 Å². The second kappa shape index (κ2) is 7.11. The van der Waals surface area contributed by atoms with Crippen LogP contribution in [-0.4, -0.2) is 28.7 Å². The molecular weight excluding hydrogens is 244 g/mol. The first-order valence-corrected chi connectivity index (χ1v) is 6.10. The van der Waals surface area contributed by atoms with E-state index in [2.05, 4.69) is 20.8 Å². The molecule has 7 heteroatoms. The van der Waals surface area contributed by atoms with Gasteiger partial charge in [0.15, 0.2) is 0 Å². The third-order valence-electron chi connectivity index (χ3n) is 2.23. The molecule has 1 aromatic heterocycles. The minimum atomic E-state index is 0.00364. The number of hydrogen-bond acceptors (Lipinski definition) is 5. The molecule has 1 amide bonds. The lowest BCUT2D eigenvalue weighted by Crippen LogP contribution is -2.32. The first-order chi connectivity index (χ1) is 8.15. The predicted octanol–water partition coefficient (Wildman–Crippen LogP) is 1.53. The molecule has 0 aliphatic carbocycles. The van der Waals surface area contributed by atoms with Crippen LogP contribution in [0.5, 0.6) is 0 Å². The standard InChI is InChI=1S/C10H17ClN4O2/c1-3-7(2)13-8(16)4-5-12-10-15-14-9(6-11)17-10/h7H,3-6H2,1-2H3,(H,12,15)(H,13,16). The van der Waals surface area contributed by atoms with Crippen molar-refractivity contribution in [3.05, 3.63) is 5.89 Å². The average molecular weight is 261 g/mol. The Hall–Kier alpha value is -1.30. The minimum absolute atomic E-state index is 0.00364. The van der Waals surface area contributed by atoms with Crippen molar-refractivity contribution in [1.29, 1.82) is 0 Å². The number of carbonyl (C=O) groups is 1. The zero-order valence-electron chi connectivity index (χ0n) is 9.99. The number of carbonyl (C=O) groups excluding carboxylic acids is 1. The summed E-state index contributed by atoms with van der Waals surface area (Å²) in [6, 6.07) is 0.491. The number of hydrogen-bond donors (Lipinski definition) is 2. The molecule has 1 atom stereocenters. The zero-order valence-corrected chi connectivity index (χ0v) is 10.8. The van der Waals surface area contributed by atoms with Gasteiger partial charge in [-0.2, -0.15) is 0 Å². The summed E-state index contributed by atoms with van der Waals surface area (Å²) in [6.07, 6.45) is 1.28. The number of nitrogens with one attached hydrogen (secondary N) is 2. The molecule has 0 saturated heterocycles. The van der Waals surface area contributed by atoms with E-state index in [9.17, 15) is 4.79 Å². The van der Waals surface area contributed by atoms with E-state index in [0.29, 0.717) is 18.9 Å². The summed E-state index contributed by atoms with van der Waals surface area (Å²) in [5, 5.41) is 13.1. The molecule has 1 aromatic rings. The fourth-order valence-corrected chi connectivity index (χ4v) is 1.22. The monoisotopic (exact) mass is 260 g/mol. The minimum Gasteiger partial charge on any atom is -0.407 e. The van der Waals surface area contributed by atoms with Crippen molar-refractivity contribution in [3.63, 3.8) is 0 Å². The topological polar surface area (TPSA) is 80.0 Å². The van der Waals surface area contributed by atoms with Gasteiger partial charge in [-0.05, 0) is 13.3 Å². The fraction of sp³-hybridized carbons (Fsp3) is 0.700. The number of aromatic nitrogens is 2. The van der Waals surface area contributed by atoms with E-state index in [1.807, 2.05) is 13.8 Å². The fourth-order valence-electron chi connectivity index (χ4n) is 1.11. The van der Waals surface area contributed by atoms with Gasteiger partial charge in [-0.15, -0.1) is 16.7 Å². The molecule has 0 fully saturated rings. The van der Waals surface area contributed by atoms with Crippen molar-refractivity contribution in [3.8, 4) is 0 Å². The van der Waals surface area contributed by atoms with Crippen LogP contribution in [0.2, 0.25) is 0 Å². The molecule has 6 nitrogen and oxygen atoms in total. The Bertz CT molecular complexity index is 356. The molecule has 0 bridgehead atoms. The molecule has 1 heterocycles. The molecule has 0 aliphatic heterocycles. The molecule has 2 N–H and O–H groups in total. The maximum Gasteiger partial charge on any atom is 0.315 e. The molecule has 1 unspecified atom stereocenters. The van der Waals surface area contributed by atoms with E-state index in [1.54, 1.807) is 0 Å². The average Bonchev–Trinajstić information content (AvgIpc) is 2.76. The van der Waals surface area contributed by atoms with Crippen molar-refractivity contribution < 1.29 is 9.21 Å². The number of anilines is 1. The number of alkyl halides is 1. The van der Waals surface area contributed by atoms with Crippen molar-refractivity contribution >= 4 is 23.5 Å². The van der Waals surface area contributed by atoms with Gasteiger partial charge < -0.3 is 15.1 Å². The van der Waals surface area contributed by atoms with Crippen LogP contribution in [0.15, 0.2) is 4.42 Å². The number of halogens is 1. The molecule has 96 valence electrons. The molecular formula is C10H17ClN4O2. The van der Waals surface area contributed by atoms with Crippen LogP contribution in [0.4, 0.5) is 6.01 Å². The van der Waals surface area contributed by atoms with Gasteiger partial charge in [-0.1, -0.05) is 12.0 Å². The van der Waals surface area contributed by atoms with Crippen molar-refractivity contribution in [2.45, 2.75) is 38.6 Å². The van der Waals surface area contributed by atoms with Crippen LogP contribution in [0, 0.1) is 0 Å². The molecule has 1 rings (SSSR count). The van der Waals surface area contributed by atoms with Crippen LogP contribution in [0.3, 0.4) is 0 Å². The Morgan fingerprint density at radius 2 is 2.29 bits per heavy atom. The largest absolute Gasteiger partial charge is 0.407 e. The van der Waals surface area contributed by atoms with Crippen LogP contribution < -0.4 is 10.6 Å². The third-order valence-corrected chi connectivity index (χ3v) is 2.46. The Morgan fingerprint density at radius 3 is 2.88 bits per heavy atom. The maximum atomic E-state index is 11.4. The molecule has 0 aromatic carbocycles. The van der Waals surface area contributed by atoms with E-state index in [4.69, 9.17) is 16.0 Å². The normalized spacial score (nSPS) is 12.2. The van der Waals surface area contributed by atoms with Gasteiger partial charge in [-0.25, -0.2) is 0 Å². The summed E-state index contributed by atoms with van der Waals surface area (Å²) >= 11 is 5.51. The summed E-state index contributed by atoms with van der Waals surface area (Å²) < 4.78 is 5.12. The summed E-state index contributed by atoms with van der Waals surface area (Å²) in [6.45, 7) is 4.44. The van der Waals surface area contributed by atoms with E-state index in [1.165, 1.54) is 0 Å². The summed E-state index contributed by atoms with van der Waals surface area (Å²) in [5.74, 6) is 0.547. The lowest BCUT2D eigenvalue weighted by Gasteiger charge is -2.10. The SMILES string of the molecule is CCC(C)NC(=O)CCNc1nnc(CCl)o1. The smallest absolute Gasteiger partial charge is 0.315 e. The first-order valence-electron chi connectivity index (χ1n) is 5.57. The van der Waals surface area contributed by atoms with Gasteiger partial charge in [0.05, 0.1) is 0 Å². The molecule has 0 saturated carbocycles. The van der Waals surface area contributed by atoms with Crippen molar-refractivity contribution in [2.75, 3.05) is 11.9 Å². The van der Waals surface area contributed by atoms with Crippen molar-refractivity contribution in [1.82, 2.24) is 15.5 Å². The van der Waals surface area contributed by atoms with E-state index >= 15 is 0 Å². The lowest BCUT2D eigenvalue weighted by molar-refractivity contribution is -0.121. The van der Waals surface area contributed by atoms with Gasteiger partial charge in [0.25, 0.3) is 0 Å². The highest BCUT2D eigenvalue weighted by Crippen LogP contribution is 2.06. The Balaban J connectivity index is 2.21. The molecule has 0 aliphatic rings. The van der Waals surface area contributed by atoms with Crippen molar-refractivity contribution in [2.24, 2.45) is 0 Å². The summed E-state index contributed by atoms with van der Waals surface area (Å²) in [5.41, 5.74) is 0. The van der Waals surface area contributed by atoms with E-state index in [-0.39, 0.29) is 23.8 Å². The lowest BCUT2D eigenvalue weighted by atomic mass is 10.2. The Morgan fingerprint density at radius 1 is 1.53 bits per heavy atom. The zero-order chi connectivity index (χ0) is 12.7. The van der Waals surface area contributed by atoms with Crippen LogP contribution in [0.1, 0.15) is 32.6 Å². The number of rotatable bonds is 7. The quantitative estimate of drug-likeness (QED) is 0.727. The molecule has 0 spiro atoms. The number of nitrogens with zero attached hydrogens (tertiary/aromatic N) is 2. The highest BCUT2D eigenvalue weighted by molar-refractivity contribution is 6.16. The molecule has 0 radical (unpaired) electrons.